The summed E-state index contributed by atoms with van der Waals surface area (Å²) in [6, 6.07) is 7.48. The first-order valence-corrected chi connectivity index (χ1v) is 10.00. The maximum Gasteiger partial charge on any atom is 0.212 e. The minimum absolute atomic E-state index is 0.0117. The SMILES string of the molecule is CCC(CC)C(C)NS(=O)(=O)CCSc1cccc(N)c1. The fraction of sp³-hybridized carbons (Fsp3) is 0.600. The highest BCUT2D eigenvalue weighted by atomic mass is 32.2. The lowest BCUT2D eigenvalue weighted by Gasteiger charge is -2.22. The summed E-state index contributed by atoms with van der Waals surface area (Å²) in [7, 11) is -3.23. The number of sulfonamides is 1. The lowest BCUT2D eigenvalue weighted by molar-refractivity contribution is 0.391. The van der Waals surface area contributed by atoms with E-state index in [0.717, 1.165) is 17.7 Å². The predicted octanol–water partition coefficient (Wildman–Crippen LogP) is 3.11. The van der Waals surface area contributed by atoms with Crippen molar-refractivity contribution in [3.63, 3.8) is 0 Å². The van der Waals surface area contributed by atoms with Crippen LogP contribution in [0.2, 0.25) is 0 Å². The van der Waals surface area contributed by atoms with Crippen molar-refractivity contribution >= 4 is 27.5 Å². The van der Waals surface area contributed by atoms with E-state index >= 15 is 0 Å². The van der Waals surface area contributed by atoms with Crippen molar-refractivity contribution in [1.29, 1.82) is 0 Å². The number of nitrogen functional groups attached to an aromatic ring is 1. The van der Waals surface area contributed by atoms with Crippen molar-refractivity contribution in [2.45, 2.75) is 44.6 Å². The second-order valence-corrected chi connectivity index (χ2v) is 8.26. The molecule has 1 aromatic rings. The van der Waals surface area contributed by atoms with Crippen LogP contribution in [-0.2, 0) is 10.0 Å². The van der Waals surface area contributed by atoms with Gasteiger partial charge >= 0.3 is 0 Å². The van der Waals surface area contributed by atoms with Crippen LogP contribution in [0.4, 0.5) is 5.69 Å². The van der Waals surface area contributed by atoms with Gasteiger partial charge in [-0.25, -0.2) is 13.1 Å². The molecule has 1 rings (SSSR count). The lowest BCUT2D eigenvalue weighted by Crippen LogP contribution is -2.39. The largest absolute Gasteiger partial charge is 0.399 e. The van der Waals surface area contributed by atoms with Crippen molar-refractivity contribution in [3.05, 3.63) is 24.3 Å². The molecule has 1 unspecified atom stereocenters. The molecule has 6 heteroatoms. The Bertz CT molecular complexity index is 528. The van der Waals surface area contributed by atoms with Crippen LogP contribution in [0.3, 0.4) is 0 Å². The number of nitrogens with two attached hydrogens (primary N) is 1. The molecule has 0 saturated carbocycles. The van der Waals surface area contributed by atoms with Crippen LogP contribution >= 0.6 is 11.8 Å². The van der Waals surface area contributed by atoms with Gasteiger partial charge in [0, 0.05) is 22.4 Å². The van der Waals surface area contributed by atoms with E-state index in [0.29, 0.717) is 17.4 Å². The fourth-order valence-electron chi connectivity index (χ4n) is 2.31. The van der Waals surface area contributed by atoms with Crippen molar-refractivity contribution < 1.29 is 8.42 Å². The van der Waals surface area contributed by atoms with E-state index in [4.69, 9.17) is 5.73 Å². The van der Waals surface area contributed by atoms with E-state index in [2.05, 4.69) is 18.6 Å². The first-order valence-electron chi connectivity index (χ1n) is 7.36. The number of hydrogen-bond donors (Lipinski definition) is 2. The normalized spacial score (nSPS) is 13.5. The molecule has 0 radical (unpaired) electrons. The molecule has 4 nitrogen and oxygen atoms in total. The molecule has 120 valence electrons. The van der Waals surface area contributed by atoms with Crippen molar-refractivity contribution in [2.75, 3.05) is 17.2 Å². The molecule has 0 spiro atoms. The van der Waals surface area contributed by atoms with Gasteiger partial charge in [0.2, 0.25) is 10.0 Å². The Labute approximate surface area is 132 Å². The first-order chi connectivity index (χ1) is 9.88. The van der Waals surface area contributed by atoms with Crippen LogP contribution in [0.15, 0.2) is 29.2 Å². The van der Waals surface area contributed by atoms with E-state index in [1.807, 2.05) is 31.2 Å². The zero-order valence-electron chi connectivity index (χ0n) is 13.0. The van der Waals surface area contributed by atoms with Gasteiger partial charge in [-0.05, 0) is 31.0 Å². The van der Waals surface area contributed by atoms with E-state index < -0.39 is 10.0 Å². The molecule has 0 amide bonds. The molecule has 0 aliphatic carbocycles. The zero-order chi connectivity index (χ0) is 15.9. The average molecular weight is 331 g/mol. The lowest BCUT2D eigenvalue weighted by atomic mass is 9.96. The average Bonchev–Trinajstić information content (AvgIpc) is 2.39. The third kappa shape index (κ3) is 6.72. The Kier molecular flexibility index (Phi) is 7.56. The van der Waals surface area contributed by atoms with Gasteiger partial charge in [0.05, 0.1) is 5.75 Å². The van der Waals surface area contributed by atoms with Crippen LogP contribution in [0.1, 0.15) is 33.6 Å². The molecule has 0 saturated heterocycles. The van der Waals surface area contributed by atoms with Crippen LogP contribution in [-0.4, -0.2) is 26.0 Å². The standard InChI is InChI=1S/C15H26N2O2S2/c1-4-13(5-2)12(3)17-21(18,19)10-9-20-15-8-6-7-14(16)11-15/h6-8,11-13,17H,4-5,9-10,16H2,1-3H3. The second-order valence-electron chi connectivity index (χ2n) is 5.22. The molecule has 0 aromatic heterocycles. The van der Waals surface area contributed by atoms with E-state index in [1.54, 1.807) is 0 Å². The first kappa shape index (κ1) is 18.3. The van der Waals surface area contributed by atoms with Crippen LogP contribution < -0.4 is 10.5 Å². The topological polar surface area (TPSA) is 72.2 Å². The van der Waals surface area contributed by atoms with Gasteiger partial charge in [-0.2, -0.15) is 0 Å². The number of benzene rings is 1. The molecule has 1 atom stereocenters. The maximum atomic E-state index is 12.1. The molecule has 21 heavy (non-hydrogen) atoms. The summed E-state index contributed by atoms with van der Waals surface area (Å²) in [4.78, 5) is 0.998. The summed E-state index contributed by atoms with van der Waals surface area (Å²) < 4.78 is 27.0. The maximum absolute atomic E-state index is 12.1. The van der Waals surface area contributed by atoms with Gasteiger partial charge in [0.15, 0.2) is 0 Å². The van der Waals surface area contributed by atoms with Crippen LogP contribution in [0, 0.1) is 5.92 Å². The Morgan fingerprint density at radius 1 is 1.29 bits per heavy atom. The number of rotatable bonds is 9. The Balaban J connectivity index is 2.46. The quantitative estimate of drug-likeness (QED) is 0.539. The summed E-state index contributed by atoms with van der Waals surface area (Å²) in [5.41, 5.74) is 6.40. The summed E-state index contributed by atoms with van der Waals surface area (Å²) >= 11 is 1.51. The third-order valence-electron chi connectivity index (χ3n) is 3.60. The van der Waals surface area contributed by atoms with Crippen LogP contribution in [0.5, 0.6) is 0 Å². The minimum atomic E-state index is -3.23. The Morgan fingerprint density at radius 2 is 1.95 bits per heavy atom. The van der Waals surface area contributed by atoms with E-state index in [9.17, 15) is 8.42 Å². The molecule has 0 aliphatic rings. The van der Waals surface area contributed by atoms with Gasteiger partial charge in [0.25, 0.3) is 0 Å². The van der Waals surface area contributed by atoms with Gasteiger partial charge in [-0.1, -0.05) is 32.8 Å². The summed E-state index contributed by atoms with van der Waals surface area (Å²) in [5, 5.41) is 0. The Hall–Kier alpha value is -0.720. The molecule has 0 heterocycles. The molecule has 0 aliphatic heterocycles. The number of anilines is 1. The van der Waals surface area contributed by atoms with Gasteiger partial charge in [0.1, 0.15) is 0 Å². The minimum Gasteiger partial charge on any atom is -0.399 e. The van der Waals surface area contributed by atoms with E-state index in [1.165, 1.54) is 11.8 Å². The molecule has 3 N–H and O–H groups in total. The van der Waals surface area contributed by atoms with Gasteiger partial charge in [-0.15, -0.1) is 11.8 Å². The van der Waals surface area contributed by atoms with Crippen LogP contribution in [0.25, 0.3) is 0 Å². The number of thioether (sulfide) groups is 1. The van der Waals surface area contributed by atoms with Gasteiger partial charge < -0.3 is 5.73 Å². The predicted molar refractivity (Wildman–Crippen MR) is 92.0 cm³/mol. The molecular weight excluding hydrogens is 304 g/mol. The summed E-state index contributed by atoms with van der Waals surface area (Å²) in [6.45, 7) is 6.13. The highest BCUT2D eigenvalue weighted by molar-refractivity contribution is 8.00. The van der Waals surface area contributed by atoms with Crippen molar-refractivity contribution in [1.82, 2.24) is 4.72 Å². The molecule has 1 aromatic carbocycles. The van der Waals surface area contributed by atoms with E-state index in [-0.39, 0.29) is 11.8 Å². The monoisotopic (exact) mass is 330 g/mol. The summed E-state index contributed by atoms with van der Waals surface area (Å²) in [6.07, 6.45) is 1.97. The summed E-state index contributed by atoms with van der Waals surface area (Å²) in [5.74, 6) is 1.03. The number of nitrogens with one attached hydrogen (secondary N) is 1. The fourth-order valence-corrected chi connectivity index (χ4v) is 5.03. The molecular formula is C15H26N2O2S2. The molecule has 0 bridgehead atoms. The second kappa shape index (κ2) is 8.66. The highest BCUT2D eigenvalue weighted by Crippen LogP contribution is 2.20. The highest BCUT2D eigenvalue weighted by Gasteiger charge is 2.19. The Morgan fingerprint density at radius 3 is 2.52 bits per heavy atom. The third-order valence-corrected chi connectivity index (χ3v) is 6.33. The number of hydrogen-bond acceptors (Lipinski definition) is 4. The van der Waals surface area contributed by atoms with Gasteiger partial charge in [-0.3, -0.25) is 0 Å². The zero-order valence-corrected chi connectivity index (χ0v) is 14.6. The van der Waals surface area contributed by atoms with Crippen molar-refractivity contribution in [2.24, 2.45) is 5.92 Å². The van der Waals surface area contributed by atoms with Crippen molar-refractivity contribution in [3.8, 4) is 0 Å². The smallest absolute Gasteiger partial charge is 0.212 e. The molecule has 0 fully saturated rings.